The maximum atomic E-state index is 4.43. The van der Waals surface area contributed by atoms with E-state index in [0.29, 0.717) is 12.0 Å². The van der Waals surface area contributed by atoms with Crippen LogP contribution in [0.4, 0.5) is 0 Å². The minimum Gasteiger partial charge on any atom is -0.310 e. The number of nitrogens with one attached hydrogen (secondary N) is 1. The van der Waals surface area contributed by atoms with Gasteiger partial charge >= 0.3 is 0 Å². The molecule has 2 unspecified atom stereocenters. The molecule has 0 aliphatic heterocycles. The van der Waals surface area contributed by atoms with Gasteiger partial charge in [-0.15, -0.1) is 0 Å². The third kappa shape index (κ3) is 3.08. The first-order chi connectivity index (χ1) is 7.60. The smallest absolute Gasteiger partial charge is 0.0641 e. The van der Waals surface area contributed by atoms with Crippen LogP contribution >= 0.6 is 0 Å². The quantitative estimate of drug-likeness (QED) is 0.803. The molecule has 1 N–H and O–H groups in total. The number of nitrogens with zero attached hydrogens (tertiary/aromatic N) is 2. The van der Waals surface area contributed by atoms with Crippen molar-refractivity contribution < 1.29 is 0 Å². The Morgan fingerprint density at radius 1 is 1.44 bits per heavy atom. The molecular weight excluding hydrogens is 198 g/mol. The monoisotopic (exact) mass is 223 g/mol. The highest BCUT2D eigenvalue weighted by atomic mass is 15.3. The van der Waals surface area contributed by atoms with Crippen LogP contribution in [-0.2, 0) is 7.05 Å². The van der Waals surface area contributed by atoms with Gasteiger partial charge in [0, 0.05) is 24.8 Å². The average molecular weight is 223 g/mol. The summed E-state index contributed by atoms with van der Waals surface area (Å²) in [5, 5.41) is 8.07. The molecule has 0 aliphatic rings. The summed E-state index contributed by atoms with van der Waals surface area (Å²) < 4.78 is 1.91. The van der Waals surface area contributed by atoms with Crippen molar-refractivity contribution in [1.29, 1.82) is 0 Å². The molecule has 92 valence electrons. The van der Waals surface area contributed by atoms with Crippen molar-refractivity contribution in [2.24, 2.45) is 13.0 Å². The molecule has 0 saturated heterocycles. The molecule has 3 nitrogen and oxygen atoms in total. The van der Waals surface area contributed by atoms with Crippen LogP contribution in [0.3, 0.4) is 0 Å². The van der Waals surface area contributed by atoms with Gasteiger partial charge in [-0.2, -0.15) is 5.10 Å². The highest BCUT2D eigenvalue weighted by Gasteiger charge is 2.20. The van der Waals surface area contributed by atoms with Crippen molar-refractivity contribution in [2.75, 3.05) is 6.54 Å². The van der Waals surface area contributed by atoms with E-state index in [4.69, 9.17) is 0 Å². The predicted octanol–water partition coefficient (Wildman–Crippen LogP) is 2.82. The lowest BCUT2D eigenvalue weighted by Gasteiger charge is -2.24. The Morgan fingerprint density at radius 3 is 2.56 bits per heavy atom. The largest absolute Gasteiger partial charge is 0.310 e. The molecule has 0 fully saturated rings. The van der Waals surface area contributed by atoms with E-state index in [2.05, 4.69) is 44.3 Å². The SMILES string of the molecule is CCCNC(c1cn(C)nc1C)C(C)CC. The summed E-state index contributed by atoms with van der Waals surface area (Å²) >= 11 is 0. The van der Waals surface area contributed by atoms with Gasteiger partial charge < -0.3 is 5.32 Å². The second kappa shape index (κ2) is 6.04. The number of aryl methyl sites for hydroxylation is 2. The Bertz CT molecular complexity index is 317. The predicted molar refractivity (Wildman–Crippen MR) is 68.4 cm³/mol. The molecule has 3 heteroatoms. The molecule has 1 aromatic heterocycles. The highest BCUT2D eigenvalue weighted by molar-refractivity contribution is 5.20. The van der Waals surface area contributed by atoms with Crippen molar-refractivity contribution >= 4 is 0 Å². The Hall–Kier alpha value is -0.830. The van der Waals surface area contributed by atoms with Crippen molar-refractivity contribution in [3.05, 3.63) is 17.5 Å². The first-order valence-corrected chi connectivity index (χ1v) is 6.33. The van der Waals surface area contributed by atoms with E-state index < -0.39 is 0 Å². The fourth-order valence-electron chi connectivity index (χ4n) is 2.08. The van der Waals surface area contributed by atoms with E-state index in [0.717, 1.165) is 12.2 Å². The molecule has 1 rings (SSSR count). The second-order valence-electron chi connectivity index (χ2n) is 4.66. The minimum absolute atomic E-state index is 0.443. The molecule has 0 aliphatic carbocycles. The highest BCUT2D eigenvalue weighted by Crippen LogP contribution is 2.26. The number of aromatic nitrogens is 2. The van der Waals surface area contributed by atoms with Crippen molar-refractivity contribution in [1.82, 2.24) is 15.1 Å². The summed E-state index contributed by atoms with van der Waals surface area (Å²) in [6.07, 6.45) is 4.51. The number of hydrogen-bond donors (Lipinski definition) is 1. The summed E-state index contributed by atoms with van der Waals surface area (Å²) in [5.74, 6) is 0.648. The van der Waals surface area contributed by atoms with E-state index in [1.54, 1.807) is 0 Å². The van der Waals surface area contributed by atoms with Crippen molar-refractivity contribution in [3.8, 4) is 0 Å². The Kier molecular flexibility index (Phi) is 5.00. The minimum atomic E-state index is 0.443. The molecule has 1 aromatic rings. The zero-order valence-electron chi connectivity index (χ0n) is 11.2. The summed E-state index contributed by atoms with van der Waals surface area (Å²) in [6, 6.07) is 0.443. The Morgan fingerprint density at radius 2 is 2.12 bits per heavy atom. The molecule has 0 saturated carbocycles. The summed E-state index contributed by atoms with van der Waals surface area (Å²) in [5.41, 5.74) is 2.50. The topological polar surface area (TPSA) is 29.9 Å². The lowest BCUT2D eigenvalue weighted by molar-refractivity contribution is 0.376. The van der Waals surface area contributed by atoms with Crippen LogP contribution in [0.1, 0.15) is 50.9 Å². The third-order valence-corrected chi connectivity index (χ3v) is 3.21. The fraction of sp³-hybridized carbons (Fsp3) is 0.769. The summed E-state index contributed by atoms with van der Waals surface area (Å²) in [4.78, 5) is 0. The van der Waals surface area contributed by atoms with Gasteiger partial charge in [-0.1, -0.05) is 27.2 Å². The van der Waals surface area contributed by atoms with Gasteiger partial charge in [0.2, 0.25) is 0 Å². The van der Waals surface area contributed by atoms with Crippen LogP contribution in [-0.4, -0.2) is 16.3 Å². The average Bonchev–Trinajstić information content (AvgIpc) is 2.58. The molecule has 0 radical (unpaired) electrons. The second-order valence-corrected chi connectivity index (χ2v) is 4.66. The van der Waals surface area contributed by atoms with Crippen LogP contribution < -0.4 is 5.32 Å². The number of hydrogen-bond acceptors (Lipinski definition) is 2. The zero-order chi connectivity index (χ0) is 12.1. The van der Waals surface area contributed by atoms with E-state index >= 15 is 0 Å². The van der Waals surface area contributed by atoms with Crippen LogP contribution in [0.25, 0.3) is 0 Å². The van der Waals surface area contributed by atoms with E-state index in [9.17, 15) is 0 Å². The van der Waals surface area contributed by atoms with Gasteiger partial charge in [0.15, 0.2) is 0 Å². The molecule has 0 amide bonds. The molecule has 16 heavy (non-hydrogen) atoms. The normalized spacial score (nSPS) is 15.1. The maximum absolute atomic E-state index is 4.43. The molecule has 0 aromatic carbocycles. The van der Waals surface area contributed by atoms with Crippen molar-refractivity contribution in [2.45, 2.75) is 46.6 Å². The molecule has 0 spiro atoms. The summed E-state index contributed by atoms with van der Waals surface area (Å²) in [6.45, 7) is 9.93. The maximum Gasteiger partial charge on any atom is 0.0641 e. The standard InChI is InChI=1S/C13H25N3/c1-6-8-14-13(10(3)7-2)12-9-16(5)15-11(12)4/h9-10,13-14H,6-8H2,1-5H3. The van der Waals surface area contributed by atoms with Crippen LogP contribution in [0.2, 0.25) is 0 Å². The van der Waals surface area contributed by atoms with Gasteiger partial charge in [-0.05, 0) is 25.8 Å². The molecule has 2 atom stereocenters. The van der Waals surface area contributed by atoms with E-state index in [1.807, 2.05) is 11.7 Å². The fourth-order valence-corrected chi connectivity index (χ4v) is 2.08. The van der Waals surface area contributed by atoms with Gasteiger partial charge in [-0.25, -0.2) is 0 Å². The van der Waals surface area contributed by atoms with Gasteiger partial charge in [0.1, 0.15) is 0 Å². The Balaban J connectivity index is 2.86. The Labute approximate surface area is 99.2 Å². The zero-order valence-corrected chi connectivity index (χ0v) is 11.2. The molecular formula is C13H25N3. The van der Waals surface area contributed by atoms with Gasteiger partial charge in [0.05, 0.1) is 5.69 Å². The lowest BCUT2D eigenvalue weighted by atomic mass is 9.93. The molecule has 1 heterocycles. The third-order valence-electron chi connectivity index (χ3n) is 3.21. The molecule has 0 bridgehead atoms. The lowest BCUT2D eigenvalue weighted by Crippen LogP contribution is -2.27. The van der Waals surface area contributed by atoms with E-state index in [-0.39, 0.29) is 0 Å². The van der Waals surface area contributed by atoms with Crippen LogP contribution in [0, 0.1) is 12.8 Å². The number of rotatable bonds is 6. The van der Waals surface area contributed by atoms with Gasteiger partial charge in [0.25, 0.3) is 0 Å². The first-order valence-electron chi connectivity index (χ1n) is 6.33. The van der Waals surface area contributed by atoms with E-state index in [1.165, 1.54) is 18.4 Å². The van der Waals surface area contributed by atoms with Gasteiger partial charge in [-0.3, -0.25) is 4.68 Å². The van der Waals surface area contributed by atoms with Crippen LogP contribution in [0.15, 0.2) is 6.20 Å². The van der Waals surface area contributed by atoms with Crippen LogP contribution in [0.5, 0.6) is 0 Å². The summed E-state index contributed by atoms with van der Waals surface area (Å²) in [7, 11) is 1.99. The van der Waals surface area contributed by atoms with Crippen molar-refractivity contribution in [3.63, 3.8) is 0 Å². The first kappa shape index (κ1) is 13.2.